The molecule has 0 unspecified atom stereocenters. The quantitative estimate of drug-likeness (QED) is 0.167. The first-order valence-electron chi connectivity index (χ1n) is 19.6. The van der Waals surface area contributed by atoms with Crippen LogP contribution in [0.5, 0.6) is 0 Å². The fraction of sp³-hybridized carbons (Fsp3) is 0.0545. The third kappa shape index (κ3) is 5.08. The van der Waals surface area contributed by atoms with Crippen LogP contribution in [0, 0.1) is 0 Å². The van der Waals surface area contributed by atoms with Crippen LogP contribution in [0.3, 0.4) is 0 Å². The molecule has 0 radical (unpaired) electrons. The van der Waals surface area contributed by atoms with Crippen molar-refractivity contribution < 1.29 is 0 Å². The molecular formula is C55H39N. The average Bonchev–Trinajstić information content (AvgIpc) is 3.70. The molecule has 0 atom stereocenters. The van der Waals surface area contributed by atoms with E-state index in [9.17, 15) is 0 Å². The molecule has 1 aliphatic rings. The van der Waals surface area contributed by atoms with Gasteiger partial charge in [-0.2, -0.15) is 0 Å². The van der Waals surface area contributed by atoms with Crippen LogP contribution in [0.25, 0.3) is 93.9 Å². The second kappa shape index (κ2) is 12.5. The molecule has 1 aliphatic carbocycles. The van der Waals surface area contributed by atoms with E-state index in [0.29, 0.717) is 0 Å². The highest BCUT2D eigenvalue weighted by Gasteiger charge is 2.37. The maximum Gasteiger partial charge on any atom is 0.0544 e. The minimum atomic E-state index is -0.197. The topological polar surface area (TPSA) is 4.93 Å². The summed E-state index contributed by atoms with van der Waals surface area (Å²) in [6.45, 7) is 4.81. The van der Waals surface area contributed by atoms with E-state index in [0.717, 1.165) is 5.69 Å². The number of rotatable bonds is 5. The van der Waals surface area contributed by atoms with Gasteiger partial charge in [-0.15, -0.1) is 0 Å². The summed E-state index contributed by atoms with van der Waals surface area (Å²) in [5.74, 6) is 0. The summed E-state index contributed by atoms with van der Waals surface area (Å²) in [4.78, 5) is 0. The largest absolute Gasteiger partial charge is 0.309 e. The number of aromatic nitrogens is 1. The summed E-state index contributed by atoms with van der Waals surface area (Å²) >= 11 is 0. The SMILES string of the molecule is CC1(C)c2cc(-c3cccc4ccccc34)ccc2-c2cc3c4cc(-c5ccccc5)ccc4n(-c4cc(-c5ccccc5)cc(-c5ccccc5)c4)c3cc21. The Hall–Kier alpha value is -6.96. The van der Waals surface area contributed by atoms with Crippen LogP contribution in [0.4, 0.5) is 0 Å². The Morgan fingerprint density at radius 1 is 0.321 bits per heavy atom. The van der Waals surface area contributed by atoms with Crippen LogP contribution in [-0.4, -0.2) is 4.57 Å². The minimum absolute atomic E-state index is 0.197. The first-order valence-corrected chi connectivity index (χ1v) is 19.6. The lowest BCUT2D eigenvalue weighted by molar-refractivity contribution is 0.661. The van der Waals surface area contributed by atoms with Gasteiger partial charge in [0, 0.05) is 21.9 Å². The molecule has 1 heteroatoms. The molecule has 11 rings (SSSR count). The van der Waals surface area contributed by atoms with Gasteiger partial charge in [0.1, 0.15) is 0 Å². The van der Waals surface area contributed by atoms with E-state index < -0.39 is 0 Å². The Bertz CT molecular complexity index is 3070. The molecule has 1 nitrogen and oxygen atoms in total. The van der Waals surface area contributed by atoms with Crippen molar-refractivity contribution in [2.75, 3.05) is 0 Å². The summed E-state index contributed by atoms with van der Waals surface area (Å²) in [6, 6.07) is 73.9. The summed E-state index contributed by atoms with van der Waals surface area (Å²) in [5.41, 5.74) is 18.6. The second-order valence-corrected chi connectivity index (χ2v) is 15.8. The van der Waals surface area contributed by atoms with Crippen molar-refractivity contribution in [2.24, 2.45) is 0 Å². The van der Waals surface area contributed by atoms with Gasteiger partial charge >= 0.3 is 0 Å². The molecule has 0 fully saturated rings. The Morgan fingerprint density at radius 3 is 1.59 bits per heavy atom. The number of benzene rings is 9. The highest BCUT2D eigenvalue weighted by Crippen LogP contribution is 2.52. The minimum Gasteiger partial charge on any atom is -0.309 e. The molecule has 10 aromatic rings. The Balaban J connectivity index is 1.17. The maximum atomic E-state index is 2.51. The van der Waals surface area contributed by atoms with Crippen LogP contribution in [0.1, 0.15) is 25.0 Å². The lowest BCUT2D eigenvalue weighted by Crippen LogP contribution is -2.15. The lowest BCUT2D eigenvalue weighted by atomic mass is 9.81. The predicted molar refractivity (Wildman–Crippen MR) is 238 cm³/mol. The van der Waals surface area contributed by atoms with Gasteiger partial charge in [0.25, 0.3) is 0 Å². The van der Waals surface area contributed by atoms with Crippen molar-refractivity contribution >= 4 is 32.6 Å². The van der Waals surface area contributed by atoms with Gasteiger partial charge < -0.3 is 4.57 Å². The average molecular weight is 714 g/mol. The molecule has 0 aliphatic heterocycles. The zero-order valence-corrected chi connectivity index (χ0v) is 31.5. The van der Waals surface area contributed by atoms with Crippen molar-refractivity contribution in [1.82, 2.24) is 4.57 Å². The first-order chi connectivity index (χ1) is 27.5. The molecule has 9 aromatic carbocycles. The maximum absolute atomic E-state index is 2.51. The summed E-state index contributed by atoms with van der Waals surface area (Å²) in [6.07, 6.45) is 0. The van der Waals surface area contributed by atoms with Crippen molar-refractivity contribution in [3.63, 3.8) is 0 Å². The van der Waals surface area contributed by atoms with E-state index in [1.54, 1.807) is 0 Å². The molecule has 0 saturated carbocycles. The summed E-state index contributed by atoms with van der Waals surface area (Å²) < 4.78 is 2.51. The highest BCUT2D eigenvalue weighted by molar-refractivity contribution is 6.13. The van der Waals surface area contributed by atoms with Gasteiger partial charge in [-0.25, -0.2) is 0 Å². The Kier molecular flexibility index (Phi) is 7.28. The number of nitrogens with zero attached hydrogens (tertiary/aromatic N) is 1. The van der Waals surface area contributed by atoms with Crippen molar-refractivity contribution in [1.29, 1.82) is 0 Å². The van der Waals surface area contributed by atoms with Gasteiger partial charge in [0.05, 0.1) is 11.0 Å². The highest BCUT2D eigenvalue weighted by atomic mass is 15.0. The summed E-state index contributed by atoms with van der Waals surface area (Å²) in [7, 11) is 0. The fourth-order valence-corrected chi connectivity index (χ4v) is 9.31. The molecule has 56 heavy (non-hydrogen) atoms. The van der Waals surface area contributed by atoms with Gasteiger partial charge in [-0.1, -0.05) is 166 Å². The molecule has 1 aromatic heterocycles. The van der Waals surface area contributed by atoms with E-state index in [1.807, 2.05) is 0 Å². The van der Waals surface area contributed by atoms with Gasteiger partial charge in [-0.05, 0) is 126 Å². The molecule has 0 N–H and O–H groups in total. The Morgan fingerprint density at radius 2 is 0.893 bits per heavy atom. The number of fused-ring (bicyclic) bond motifs is 7. The van der Waals surface area contributed by atoms with E-state index >= 15 is 0 Å². The smallest absolute Gasteiger partial charge is 0.0544 e. The third-order valence-electron chi connectivity index (χ3n) is 12.2. The van der Waals surface area contributed by atoms with Crippen LogP contribution < -0.4 is 0 Å². The molecule has 0 saturated heterocycles. The van der Waals surface area contributed by atoms with Crippen LogP contribution in [0.15, 0.2) is 200 Å². The molecule has 0 spiro atoms. The molecule has 0 amide bonds. The number of hydrogen-bond acceptors (Lipinski definition) is 0. The van der Waals surface area contributed by atoms with Crippen LogP contribution in [-0.2, 0) is 5.41 Å². The van der Waals surface area contributed by atoms with Crippen molar-refractivity contribution in [3.05, 3.63) is 211 Å². The first kappa shape index (κ1) is 32.5. The number of hydrogen-bond donors (Lipinski definition) is 0. The van der Waals surface area contributed by atoms with Gasteiger partial charge in [0.15, 0.2) is 0 Å². The van der Waals surface area contributed by atoms with E-state index in [1.165, 1.54) is 99.3 Å². The lowest BCUT2D eigenvalue weighted by Gasteiger charge is -2.23. The van der Waals surface area contributed by atoms with E-state index in [2.05, 4.69) is 219 Å². The third-order valence-corrected chi connectivity index (χ3v) is 12.2. The van der Waals surface area contributed by atoms with Crippen LogP contribution in [0.2, 0.25) is 0 Å². The van der Waals surface area contributed by atoms with Gasteiger partial charge in [-0.3, -0.25) is 0 Å². The molecule has 0 bridgehead atoms. The summed E-state index contributed by atoms with van der Waals surface area (Å²) in [5, 5.41) is 5.08. The standard InChI is InChI=1S/C55H39N/c1-55(2)51-33-41(46-24-14-22-39-21-12-13-23-45(39)46)25-27-47(51)48-34-50-49-32-40(36-15-6-3-7-16-36)26-28-53(49)56(54(50)35-52(48)55)44-30-42(37-17-8-4-9-18-37)29-43(31-44)38-19-10-5-11-20-38/h3-35H,1-2H3. The normalized spacial score (nSPS) is 13.0. The van der Waals surface area contributed by atoms with Crippen molar-refractivity contribution in [3.8, 4) is 61.3 Å². The Labute approximate surface area is 327 Å². The molecular weight excluding hydrogens is 675 g/mol. The van der Waals surface area contributed by atoms with Gasteiger partial charge in [0.2, 0.25) is 0 Å². The van der Waals surface area contributed by atoms with Crippen LogP contribution >= 0.6 is 0 Å². The monoisotopic (exact) mass is 713 g/mol. The molecule has 1 heterocycles. The molecule has 264 valence electrons. The predicted octanol–water partition coefficient (Wildman–Crippen LogP) is 14.9. The second-order valence-electron chi connectivity index (χ2n) is 15.8. The van der Waals surface area contributed by atoms with E-state index in [-0.39, 0.29) is 5.41 Å². The zero-order chi connectivity index (χ0) is 37.4. The van der Waals surface area contributed by atoms with E-state index in [4.69, 9.17) is 0 Å². The zero-order valence-electron chi connectivity index (χ0n) is 31.5. The fourth-order valence-electron chi connectivity index (χ4n) is 9.31. The van der Waals surface area contributed by atoms with Crippen molar-refractivity contribution in [2.45, 2.75) is 19.3 Å².